The molecule has 2 aliphatic rings. The Bertz CT molecular complexity index is 611. The summed E-state index contributed by atoms with van der Waals surface area (Å²) in [5.74, 6) is 0. The molecule has 1 fully saturated rings. The Morgan fingerprint density at radius 3 is 2.83 bits per heavy atom. The highest BCUT2D eigenvalue weighted by molar-refractivity contribution is 6.30. The second kappa shape index (κ2) is 3.61. The molecule has 0 bridgehead atoms. The van der Waals surface area contributed by atoms with Crippen LogP contribution >= 0.6 is 11.6 Å². The minimum atomic E-state index is 0.379. The fourth-order valence-electron chi connectivity index (χ4n) is 3.11. The van der Waals surface area contributed by atoms with E-state index >= 15 is 0 Å². The zero-order valence-corrected chi connectivity index (χ0v) is 11.0. The second-order valence-electron chi connectivity index (χ2n) is 5.52. The number of aryl methyl sites for hydroxylation is 1. The molecule has 2 nitrogen and oxygen atoms in total. The van der Waals surface area contributed by atoms with Crippen LogP contribution in [0, 0.1) is 0 Å². The summed E-state index contributed by atoms with van der Waals surface area (Å²) >= 11 is 6.06. The van der Waals surface area contributed by atoms with Crippen molar-refractivity contribution in [3.8, 4) is 11.3 Å². The van der Waals surface area contributed by atoms with Crippen molar-refractivity contribution >= 4 is 11.6 Å². The average molecular weight is 259 g/mol. The molecule has 4 rings (SSSR count). The number of hydrogen-bond acceptors (Lipinski definition) is 1. The van der Waals surface area contributed by atoms with Gasteiger partial charge in [0, 0.05) is 16.3 Å². The molecule has 0 amide bonds. The molecular weight excluding hydrogens is 244 g/mol. The molecule has 0 saturated heterocycles. The summed E-state index contributed by atoms with van der Waals surface area (Å²) in [5, 5.41) is 5.61. The summed E-state index contributed by atoms with van der Waals surface area (Å²) in [6, 6.07) is 10.2. The maximum absolute atomic E-state index is 6.06. The standard InChI is InChI=1S/C15H15ClN2/c16-12-4-1-3-11(9-12)14-10-13-5-2-6-15(7-8-15)18(13)17-14/h1,3-4,9-10H,2,5-8H2. The highest BCUT2D eigenvalue weighted by Gasteiger charge is 2.47. The van der Waals surface area contributed by atoms with Gasteiger partial charge in [-0.15, -0.1) is 0 Å². The molecule has 1 aromatic heterocycles. The Morgan fingerprint density at radius 2 is 2.06 bits per heavy atom. The van der Waals surface area contributed by atoms with Crippen LogP contribution in [0.25, 0.3) is 11.3 Å². The van der Waals surface area contributed by atoms with Crippen LogP contribution in [0.2, 0.25) is 5.02 Å². The molecule has 2 aromatic rings. The first-order valence-corrected chi connectivity index (χ1v) is 7.00. The third-order valence-corrected chi connectivity index (χ3v) is 4.49. The van der Waals surface area contributed by atoms with Crippen molar-refractivity contribution < 1.29 is 0 Å². The fraction of sp³-hybridized carbons (Fsp3) is 0.400. The summed E-state index contributed by atoms with van der Waals surface area (Å²) in [7, 11) is 0. The Morgan fingerprint density at radius 1 is 1.17 bits per heavy atom. The van der Waals surface area contributed by atoms with E-state index in [4.69, 9.17) is 16.7 Å². The normalized spacial score (nSPS) is 19.8. The average Bonchev–Trinajstić information content (AvgIpc) is 2.99. The Kier molecular flexibility index (Phi) is 2.13. The van der Waals surface area contributed by atoms with Gasteiger partial charge in [-0.2, -0.15) is 5.10 Å². The van der Waals surface area contributed by atoms with Gasteiger partial charge >= 0.3 is 0 Å². The van der Waals surface area contributed by atoms with Crippen molar-refractivity contribution in [2.45, 2.75) is 37.6 Å². The molecule has 92 valence electrons. The fourth-order valence-corrected chi connectivity index (χ4v) is 3.30. The van der Waals surface area contributed by atoms with E-state index in [0.717, 1.165) is 22.7 Å². The van der Waals surface area contributed by atoms with Crippen LogP contribution in [0.15, 0.2) is 30.3 Å². The van der Waals surface area contributed by atoms with Gasteiger partial charge < -0.3 is 0 Å². The van der Waals surface area contributed by atoms with Gasteiger partial charge in [-0.3, -0.25) is 4.68 Å². The van der Waals surface area contributed by atoms with Crippen LogP contribution in [0.5, 0.6) is 0 Å². The van der Waals surface area contributed by atoms with E-state index in [1.165, 1.54) is 31.4 Å². The molecule has 1 aliphatic heterocycles. The van der Waals surface area contributed by atoms with Crippen LogP contribution in [0.4, 0.5) is 0 Å². The summed E-state index contributed by atoms with van der Waals surface area (Å²) in [5.41, 5.74) is 3.97. The molecule has 0 unspecified atom stereocenters. The van der Waals surface area contributed by atoms with Gasteiger partial charge in [0.05, 0.1) is 11.2 Å². The van der Waals surface area contributed by atoms with Crippen molar-refractivity contribution in [2.75, 3.05) is 0 Å². The predicted molar refractivity (Wildman–Crippen MR) is 72.8 cm³/mol. The van der Waals surface area contributed by atoms with Gasteiger partial charge in [0.25, 0.3) is 0 Å². The second-order valence-corrected chi connectivity index (χ2v) is 5.96. The smallest absolute Gasteiger partial charge is 0.0926 e. The molecule has 2 heterocycles. The van der Waals surface area contributed by atoms with Gasteiger partial charge in [-0.1, -0.05) is 23.7 Å². The van der Waals surface area contributed by atoms with E-state index in [9.17, 15) is 0 Å². The molecule has 1 saturated carbocycles. The molecule has 0 radical (unpaired) electrons. The summed E-state index contributed by atoms with van der Waals surface area (Å²) in [6.07, 6.45) is 6.37. The number of rotatable bonds is 1. The largest absolute Gasteiger partial charge is 0.263 e. The van der Waals surface area contributed by atoms with Crippen molar-refractivity contribution in [3.05, 3.63) is 41.0 Å². The monoisotopic (exact) mass is 258 g/mol. The van der Waals surface area contributed by atoms with Crippen LogP contribution in [0.1, 0.15) is 31.4 Å². The molecule has 1 aliphatic carbocycles. The van der Waals surface area contributed by atoms with Crippen LogP contribution < -0.4 is 0 Å². The topological polar surface area (TPSA) is 17.8 Å². The van der Waals surface area contributed by atoms with E-state index in [1.807, 2.05) is 18.2 Å². The molecule has 0 atom stereocenters. The third-order valence-electron chi connectivity index (χ3n) is 4.26. The lowest BCUT2D eigenvalue weighted by molar-refractivity contribution is 0.343. The number of aromatic nitrogens is 2. The van der Waals surface area contributed by atoms with E-state index in [1.54, 1.807) is 0 Å². The van der Waals surface area contributed by atoms with Crippen LogP contribution in [-0.4, -0.2) is 9.78 Å². The Balaban J connectivity index is 1.82. The number of halogens is 1. The highest BCUT2D eigenvalue weighted by atomic mass is 35.5. The molecule has 0 N–H and O–H groups in total. The number of fused-ring (bicyclic) bond motifs is 2. The Labute approximate surface area is 112 Å². The van der Waals surface area contributed by atoms with E-state index < -0.39 is 0 Å². The van der Waals surface area contributed by atoms with Gasteiger partial charge in [-0.05, 0) is 50.3 Å². The van der Waals surface area contributed by atoms with Gasteiger partial charge in [0.2, 0.25) is 0 Å². The quantitative estimate of drug-likeness (QED) is 0.755. The maximum atomic E-state index is 6.06. The van der Waals surface area contributed by atoms with Gasteiger partial charge in [0.1, 0.15) is 0 Å². The van der Waals surface area contributed by atoms with Crippen molar-refractivity contribution in [3.63, 3.8) is 0 Å². The lowest BCUT2D eigenvalue weighted by atomic mass is 10.0. The summed E-state index contributed by atoms with van der Waals surface area (Å²) in [4.78, 5) is 0. The van der Waals surface area contributed by atoms with Gasteiger partial charge in [-0.25, -0.2) is 0 Å². The maximum Gasteiger partial charge on any atom is 0.0926 e. The zero-order chi connectivity index (χ0) is 12.2. The highest BCUT2D eigenvalue weighted by Crippen LogP contribution is 2.50. The lowest BCUT2D eigenvalue weighted by Crippen LogP contribution is -2.25. The van der Waals surface area contributed by atoms with Crippen LogP contribution in [0.3, 0.4) is 0 Å². The lowest BCUT2D eigenvalue weighted by Gasteiger charge is -2.23. The predicted octanol–water partition coefficient (Wildman–Crippen LogP) is 4.03. The molecule has 18 heavy (non-hydrogen) atoms. The molecular formula is C15H15ClN2. The first-order valence-electron chi connectivity index (χ1n) is 6.62. The molecule has 1 aromatic carbocycles. The van der Waals surface area contributed by atoms with Crippen molar-refractivity contribution in [1.29, 1.82) is 0 Å². The zero-order valence-electron chi connectivity index (χ0n) is 10.2. The SMILES string of the molecule is Clc1cccc(-c2cc3n(n2)C2(CCC3)CC2)c1. The van der Waals surface area contributed by atoms with E-state index in [-0.39, 0.29) is 0 Å². The first-order chi connectivity index (χ1) is 8.77. The molecule has 1 spiro atoms. The summed E-state index contributed by atoms with van der Waals surface area (Å²) in [6.45, 7) is 0. The van der Waals surface area contributed by atoms with Crippen LogP contribution in [-0.2, 0) is 12.0 Å². The van der Waals surface area contributed by atoms with Gasteiger partial charge in [0.15, 0.2) is 0 Å². The summed E-state index contributed by atoms with van der Waals surface area (Å²) < 4.78 is 2.30. The number of nitrogens with zero attached hydrogens (tertiary/aromatic N) is 2. The van der Waals surface area contributed by atoms with E-state index in [2.05, 4.69) is 16.8 Å². The minimum Gasteiger partial charge on any atom is -0.263 e. The van der Waals surface area contributed by atoms with E-state index in [0.29, 0.717) is 5.54 Å². The number of hydrogen-bond donors (Lipinski definition) is 0. The third kappa shape index (κ3) is 1.52. The minimum absolute atomic E-state index is 0.379. The van der Waals surface area contributed by atoms with Crippen molar-refractivity contribution in [2.24, 2.45) is 0 Å². The molecule has 3 heteroatoms. The van der Waals surface area contributed by atoms with Crippen molar-refractivity contribution in [1.82, 2.24) is 9.78 Å². The Hall–Kier alpha value is -1.28. The first kappa shape index (κ1) is 10.6. The number of benzene rings is 1.